The van der Waals surface area contributed by atoms with Crippen molar-refractivity contribution in [3.8, 4) is 0 Å². The lowest BCUT2D eigenvalue weighted by molar-refractivity contribution is 0.664. The molecule has 26 heavy (non-hydrogen) atoms. The molecule has 3 aromatic rings. The van der Waals surface area contributed by atoms with E-state index in [1.54, 1.807) is 6.20 Å². The highest BCUT2D eigenvalue weighted by atomic mass is 15.3. The molecule has 0 bridgehead atoms. The molecule has 0 atom stereocenters. The van der Waals surface area contributed by atoms with Crippen LogP contribution in [0.5, 0.6) is 0 Å². The van der Waals surface area contributed by atoms with Gasteiger partial charge in [0.2, 0.25) is 5.95 Å². The average molecular weight is 347 g/mol. The highest BCUT2D eigenvalue weighted by Crippen LogP contribution is 2.19. The summed E-state index contributed by atoms with van der Waals surface area (Å²) in [6, 6.07) is 21.0. The van der Waals surface area contributed by atoms with Gasteiger partial charge in [0.15, 0.2) is 5.82 Å². The second kappa shape index (κ2) is 8.43. The first-order chi connectivity index (χ1) is 12.6. The van der Waals surface area contributed by atoms with E-state index < -0.39 is 0 Å². The molecule has 0 aliphatic rings. The molecule has 2 aromatic carbocycles. The van der Waals surface area contributed by atoms with Gasteiger partial charge in [-0.2, -0.15) is 10.1 Å². The van der Waals surface area contributed by atoms with E-state index in [1.165, 1.54) is 11.1 Å². The summed E-state index contributed by atoms with van der Waals surface area (Å²) in [5, 5.41) is 8.42. The van der Waals surface area contributed by atoms with Gasteiger partial charge < -0.3 is 9.80 Å². The molecule has 1 aromatic heterocycles. The molecule has 3 rings (SSSR count). The highest BCUT2D eigenvalue weighted by Gasteiger charge is 2.15. The predicted molar refractivity (Wildman–Crippen MR) is 106 cm³/mol. The monoisotopic (exact) mass is 347 g/mol. The Hall–Kier alpha value is -2.95. The van der Waals surface area contributed by atoms with Crippen LogP contribution in [0.1, 0.15) is 25.0 Å². The fourth-order valence-electron chi connectivity index (χ4n) is 2.82. The molecule has 0 N–H and O–H groups in total. The van der Waals surface area contributed by atoms with Gasteiger partial charge in [-0.05, 0) is 25.0 Å². The van der Waals surface area contributed by atoms with Gasteiger partial charge >= 0.3 is 0 Å². The van der Waals surface area contributed by atoms with Crippen LogP contribution in [0, 0.1) is 0 Å². The summed E-state index contributed by atoms with van der Waals surface area (Å²) in [5.74, 6) is 1.47. The summed E-state index contributed by atoms with van der Waals surface area (Å²) < 4.78 is 0. The summed E-state index contributed by atoms with van der Waals surface area (Å²) in [5.41, 5.74) is 2.47. The smallest absolute Gasteiger partial charge is 0.247 e. The van der Waals surface area contributed by atoms with E-state index in [4.69, 9.17) is 4.98 Å². The molecule has 0 amide bonds. The molecule has 0 radical (unpaired) electrons. The number of hydrogen-bond donors (Lipinski definition) is 0. The Balaban J connectivity index is 1.79. The van der Waals surface area contributed by atoms with Crippen molar-refractivity contribution in [1.82, 2.24) is 15.2 Å². The van der Waals surface area contributed by atoms with Gasteiger partial charge in [0.05, 0.1) is 6.20 Å². The first kappa shape index (κ1) is 17.9. The van der Waals surface area contributed by atoms with Crippen molar-refractivity contribution in [2.45, 2.75) is 33.0 Å². The fraction of sp³-hybridized carbons (Fsp3) is 0.286. The summed E-state index contributed by atoms with van der Waals surface area (Å²) in [4.78, 5) is 9.03. The lowest BCUT2D eigenvalue weighted by Gasteiger charge is -2.28. The number of hydrogen-bond acceptors (Lipinski definition) is 5. The Kier molecular flexibility index (Phi) is 5.79. The van der Waals surface area contributed by atoms with E-state index in [1.807, 2.05) is 36.2 Å². The highest BCUT2D eigenvalue weighted by molar-refractivity contribution is 5.43. The van der Waals surface area contributed by atoms with E-state index in [-0.39, 0.29) is 0 Å². The Labute approximate surface area is 155 Å². The largest absolute Gasteiger partial charge is 0.348 e. The van der Waals surface area contributed by atoms with E-state index in [0.717, 1.165) is 18.9 Å². The lowest BCUT2D eigenvalue weighted by atomic mass is 10.2. The normalized spacial score (nSPS) is 10.8. The fourth-order valence-corrected chi connectivity index (χ4v) is 2.82. The van der Waals surface area contributed by atoms with Gasteiger partial charge in [-0.15, -0.1) is 5.10 Å². The lowest BCUT2D eigenvalue weighted by Crippen LogP contribution is -2.32. The second-order valence-electron chi connectivity index (χ2n) is 6.66. The van der Waals surface area contributed by atoms with Crippen LogP contribution >= 0.6 is 0 Å². The van der Waals surface area contributed by atoms with Crippen molar-refractivity contribution < 1.29 is 0 Å². The summed E-state index contributed by atoms with van der Waals surface area (Å²) in [6.07, 6.45) is 1.74. The van der Waals surface area contributed by atoms with Crippen molar-refractivity contribution in [2.75, 3.05) is 16.8 Å². The molecule has 0 spiro atoms. The van der Waals surface area contributed by atoms with E-state index in [0.29, 0.717) is 12.0 Å². The minimum atomic E-state index is 0.305. The molecule has 0 unspecified atom stereocenters. The molecule has 134 valence electrons. The number of aromatic nitrogens is 3. The third-order valence-electron chi connectivity index (χ3n) is 4.25. The Morgan fingerprint density at radius 1 is 0.846 bits per heavy atom. The van der Waals surface area contributed by atoms with E-state index in [2.05, 4.69) is 65.3 Å². The number of anilines is 2. The SMILES string of the molecule is CC(C)N(Cc1ccccc1)c1cnnc(N(C)Cc2ccccc2)n1. The zero-order valence-corrected chi connectivity index (χ0v) is 15.6. The van der Waals surface area contributed by atoms with Crippen molar-refractivity contribution in [2.24, 2.45) is 0 Å². The summed E-state index contributed by atoms with van der Waals surface area (Å²) in [6.45, 7) is 5.86. The topological polar surface area (TPSA) is 45.2 Å². The van der Waals surface area contributed by atoms with Crippen molar-refractivity contribution in [1.29, 1.82) is 0 Å². The first-order valence-corrected chi connectivity index (χ1v) is 8.89. The minimum Gasteiger partial charge on any atom is -0.348 e. The Bertz CT molecular complexity index is 805. The molecule has 0 saturated heterocycles. The second-order valence-corrected chi connectivity index (χ2v) is 6.66. The number of rotatable bonds is 7. The maximum absolute atomic E-state index is 4.76. The zero-order valence-electron chi connectivity index (χ0n) is 15.6. The van der Waals surface area contributed by atoms with Crippen molar-refractivity contribution in [3.05, 3.63) is 78.0 Å². The van der Waals surface area contributed by atoms with Crippen LogP contribution in [-0.4, -0.2) is 28.3 Å². The molecular weight excluding hydrogens is 322 g/mol. The van der Waals surface area contributed by atoms with Gasteiger partial charge in [-0.1, -0.05) is 60.7 Å². The molecule has 1 heterocycles. The maximum atomic E-state index is 4.76. The van der Waals surface area contributed by atoms with Crippen molar-refractivity contribution >= 4 is 11.8 Å². The molecule has 5 nitrogen and oxygen atoms in total. The quantitative estimate of drug-likeness (QED) is 0.648. The maximum Gasteiger partial charge on any atom is 0.247 e. The predicted octanol–water partition coefficient (Wildman–Crippen LogP) is 3.92. The van der Waals surface area contributed by atoms with Gasteiger partial charge in [-0.25, -0.2) is 0 Å². The number of nitrogens with zero attached hydrogens (tertiary/aromatic N) is 5. The minimum absolute atomic E-state index is 0.305. The summed E-state index contributed by atoms with van der Waals surface area (Å²) in [7, 11) is 1.99. The van der Waals surface area contributed by atoms with Gasteiger partial charge in [-0.3, -0.25) is 0 Å². The Morgan fingerprint density at radius 3 is 2.00 bits per heavy atom. The van der Waals surface area contributed by atoms with Crippen molar-refractivity contribution in [3.63, 3.8) is 0 Å². The molecule has 5 heteroatoms. The van der Waals surface area contributed by atoms with Crippen LogP contribution in [0.4, 0.5) is 11.8 Å². The van der Waals surface area contributed by atoms with Crippen LogP contribution in [0.15, 0.2) is 66.9 Å². The van der Waals surface area contributed by atoms with Gasteiger partial charge in [0.1, 0.15) is 0 Å². The zero-order chi connectivity index (χ0) is 18.4. The third kappa shape index (κ3) is 4.57. The third-order valence-corrected chi connectivity index (χ3v) is 4.25. The molecule has 0 fully saturated rings. The molecule has 0 aliphatic heterocycles. The molecule has 0 saturated carbocycles. The average Bonchev–Trinajstić information content (AvgIpc) is 2.67. The van der Waals surface area contributed by atoms with Crippen LogP contribution in [0.25, 0.3) is 0 Å². The van der Waals surface area contributed by atoms with Gasteiger partial charge in [0.25, 0.3) is 0 Å². The first-order valence-electron chi connectivity index (χ1n) is 8.89. The molecule has 0 aliphatic carbocycles. The van der Waals surface area contributed by atoms with Crippen LogP contribution in [-0.2, 0) is 13.1 Å². The summed E-state index contributed by atoms with van der Waals surface area (Å²) >= 11 is 0. The van der Waals surface area contributed by atoms with E-state index >= 15 is 0 Å². The van der Waals surface area contributed by atoms with Crippen LogP contribution < -0.4 is 9.80 Å². The van der Waals surface area contributed by atoms with Crippen LogP contribution in [0.3, 0.4) is 0 Å². The number of benzene rings is 2. The standard InChI is InChI=1S/C21H25N5/c1-17(2)26(16-19-12-8-5-9-13-19)20-14-22-24-21(23-20)25(3)15-18-10-6-4-7-11-18/h4-14,17H,15-16H2,1-3H3. The van der Waals surface area contributed by atoms with Gasteiger partial charge in [0, 0.05) is 26.2 Å². The van der Waals surface area contributed by atoms with E-state index in [9.17, 15) is 0 Å². The van der Waals surface area contributed by atoms with Crippen LogP contribution in [0.2, 0.25) is 0 Å². The molecular formula is C21H25N5. The Morgan fingerprint density at radius 2 is 1.42 bits per heavy atom.